The first-order chi connectivity index (χ1) is 22.7. The van der Waals surface area contributed by atoms with Gasteiger partial charge >= 0.3 is 0 Å². The molecule has 6 atom stereocenters. The maximum Gasteiger partial charge on any atom is 0.235 e. The fourth-order valence-corrected chi connectivity index (χ4v) is 9.89. The van der Waals surface area contributed by atoms with E-state index in [1.54, 1.807) is 27.1 Å². The smallest absolute Gasteiger partial charge is 0.235 e. The highest BCUT2D eigenvalue weighted by Crippen LogP contribution is 2.62. The van der Waals surface area contributed by atoms with Gasteiger partial charge in [-0.1, -0.05) is 56.3 Å². The minimum Gasteiger partial charge on any atom is -0.507 e. The number of likely N-dealkylation sites (tertiary alicyclic amines) is 1. The number of Topliss-reactive ketones (excluding diaryl/α,β-unsaturated/α-hetero) is 4. The summed E-state index contributed by atoms with van der Waals surface area (Å²) in [4.78, 5) is 73.0. The summed E-state index contributed by atoms with van der Waals surface area (Å²) in [5.74, 6) is -8.91. The predicted octanol–water partition coefficient (Wildman–Crippen LogP) is 3.06. The molecule has 2 unspecified atom stereocenters. The molecule has 3 aromatic carbocycles. The highest BCUT2D eigenvalue weighted by atomic mass is 16.3. The molecule has 1 heterocycles. The van der Waals surface area contributed by atoms with E-state index in [-0.39, 0.29) is 24.2 Å². The van der Waals surface area contributed by atoms with E-state index in [0.717, 1.165) is 41.5 Å². The summed E-state index contributed by atoms with van der Waals surface area (Å²) in [5, 5.41) is 25.5. The molecular formula is C38H41N3O7. The van der Waals surface area contributed by atoms with Crippen molar-refractivity contribution in [1.82, 2.24) is 9.80 Å². The lowest BCUT2D eigenvalue weighted by molar-refractivity contribution is -0.203. The number of fused-ring (bicyclic) bond motifs is 4. The number of nitrogens with two attached hydrogens (primary N) is 1. The van der Waals surface area contributed by atoms with Crippen LogP contribution in [0.4, 0.5) is 0 Å². The predicted molar refractivity (Wildman–Crippen MR) is 178 cm³/mol. The summed E-state index contributed by atoms with van der Waals surface area (Å²) >= 11 is 0. The number of hydrogen-bond acceptors (Lipinski definition) is 9. The molecule has 3 fully saturated rings. The number of phenolic OH excluding ortho intramolecular Hbond substituents is 1. The van der Waals surface area contributed by atoms with Crippen LogP contribution < -0.4 is 5.73 Å². The third-order valence-electron chi connectivity index (χ3n) is 11.8. The van der Waals surface area contributed by atoms with E-state index >= 15 is 0 Å². The van der Waals surface area contributed by atoms with E-state index < -0.39 is 63.3 Å². The second-order valence-electron chi connectivity index (χ2n) is 15.1. The Morgan fingerprint density at radius 2 is 1.58 bits per heavy atom. The van der Waals surface area contributed by atoms with Crippen molar-refractivity contribution in [2.24, 2.45) is 28.4 Å². The standard InChI is InChI=1S/C38H41N3O7/c1-36-17-25-24(23-12-11-20(18-41-15-7-8-16-41)21-9-5-6-10-22(21)23)13-14-26(42)27(25)30(43)29(36)34(46)38(48)33(45)28(35(39)47)31(44)32(40(3)4)37(38,2)19-36/h5-6,9-14,28-29,32,42,48H,7-8,15-19H2,1-4H3,(H2,39,47)/t28?,29?,32-,36+,37+,38-/m1/s1. The van der Waals surface area contributed by atoms with Crippen LogP contribution in [0.3, 0.4) is 0 Å². The average molecular weight is 652 g/mol. The zero-order chi connectivity index (χ0) is 34.5. The lowest BCUT2D eigenvalue weighted by Gasteiger charge is -2.61. The molecule has 0 aromatic heterocycles. The molecule has 4 aliphatic rings. The van der Waals surface area contributed by atoms with Gasteiger partial charge in [0.15, 0.2) is 34.7 Å². The molecule has 3 aliphatic carbocycles. The topological polar surface area (TPSA) is 158 Å². The minimum atomic E-state index is -2.83. The van der Waals surface area contributed by atoms with Gasteiger partial charge in [-0.15, -0.1) is 0 Å². The molecule has 10 heteroatoms. The molecule has 2 saturated carbocycles. The number of hydrogen-bond donors (Lipinski definition) is 3. The number of benzene rings is 3. The van der Waals surface area contributed by atoms with Gasteiger partial charge in [-0.05, 0) is 97.4 Å². The van der Waals surface area contributed by atoms with Gasteiger partial charge in [0, 0.05) is 12.0 Å². The molecule has 250 valence electrons. The number of aromatic hydroxyl groups is 1. The first-order valence-corrected chi connectivity index (χ1v) is 16.6. The fourth-order valence-electron chi connectivity index (χ4n) is 9.89. The molecule has 0 spiro atoms. The highest BCUT2D eigenvalue weighted by Gasteiger charge is 2.76. The Morgan fingerprint density at radius 3 is 2.23 bits per heavy atom. The summed E-state index contributed by atoms with van der Waals surface area (Å²) in [7, 11) is 3.16. The molecule has 1 aliphatic heterocycles. The molecule has 48 heavy (non-hydrogen) atoms. The Hall–Kier alpha value is -4.25. The van der Waals surface area contributed by atoms with Gasteiger partial charge in [0.1, 0.15) is 5.75 Å². The lowest BCUT2D eigenvalue weighted by Crippen LogP contribution is -2.79. The monoisotopic (exact) mass is 651 g/mol. The van der Waals surface area contributed by atoms with Gasteiger partial charge in [-0.25, -0.2) is 0 Å². The van der Waals surface area contributed by atoms with Crippen molar-refractivity contribution in [3.05, 3.63) is 65.2 Å². The van der Waals surface area contributed by atoms with Gasteiger partial charge in [-0.3, -0.25) is 33.8 Å². The van der Waals surface area contributed by atoms with Gasteiger partial charge in [0.25, 0.3) is 0 Å². The zero-order valence-corrected chi connectivity index (χ0v) is 27.7. The first kappa shape index (κ1) is 32.3. The molecule has 10 nitrogen and oxygen atoms in total. The third kappa shape index (κ3) is 4.25. The summed E-state index contributed by atoms with van der Waals surface area (Å²) < 4.78 is 0. The summed E-state index contributed by atoms with van der Waals surface area (Å²) in [6.45, 7) is 6.24. The normalized spacial score (nSPS) is 32.0. The summed E-state index contributed by atoms with van der Waals surface area (Å²) in [6, 6.07) is 14.3. The number of primary amides is 1. The van der Waals surface area contributed by atoms with E-state index in [4.69, 9.17) is 5.73 Å². The number of aliphatic hydroxyl groups is 1. The number of rotatable bonds is 5. The van der Waals surface area contributed by atoms with Crippen LogP contribution in [0.1, 0.15) is 54.6 Å². The van der Waals surface area contributed by atoms with Crippen molar-refractivity contribution in [2.75, 3.05) is 27.2 Å². The van der Waals surface area contributed by atoms with Gasteiger partial charge in [-0.2, -0.15) is 0 Å². The summed E-state index contributed by atoms with van der Waals surface area (Å²) in [5.41, 5.74) is 3.20. The van der Waals surface area contributed by atoms with Crippen molar-refractivity contribution >= 4 is 39.8 Å². The lowest BCUT2D eigenvalue weighted by atomic mass is 9.42. The van der Waals surface area contributed by atoms with Crippen molar-refractivity contribution < 1.29 is 34.2 Å². The van der Waals surface area contributed by atoms with E-state index in [1.807, 2.05) is 18.2 Å². The molecule has 4 N–H and O–H groups in total. The minimum absolute atomic E-state index is 0.0179. The molecule has 0 radical (unpaired) electrons. The van der Waals surface area contributed by atoms with Gasteiger partial charge in [0.05, 0.1) is 17.5 Å². The van der Waals surface area contributed by atoms with E-state index in [1.165, 1.54) is 36.3 Å². The quantitative estimate of drug-likeness (QED) is 0.353. The van der Waals surface area contributed by atoms with Crippen LogP contribution in [-0.4, -0.2) is 87.9 Å². The maximum atomic E-state index is 14.6. The Morgan fingerprint density at radius 1 is 0.938 bits per heavy atom. The Bertz CT molecular complexity index is 1950. The van der Waals surface area contributed by atoms with Crippen molar-refractivity contribution in [3.8, 4) is 16.9 Å². The van der Waals surface area contributed by atoms with E-state index in [0.29, 0.717) is 5.56 Å². The number of likely N-dealkylation sites (N-methyl/N-ethyl adjacent to an activating group) is 1. The average Bonchev–Trinajstić information content (AvgIpc) is 3.52. The zero-order valence-electron chi connectivity index (χ0n) is 27.7. The SMILES string of the molecule is CN(C)[C@@H]1C(=O)C(C(N)=O)C(=O)[C@@]2(O)C(=O)C3C(=O)c4c(O)ccc(-c5ccc(CN6CCCC6)c6ccccc56)c4C[C@@]3(C)C[C@@]12C. The molecule has 3 aromatic rings. The second-order valence-corrected chi connectivity index (χ2v) is 15.1. The molecule has 1 amide bonds. The van der Waals surface area contributed by atoms with Crippen LogP contribution in [0, 0.1) is 22.7 Å². The largest absolute Gasteiger partial charge is 0.507 e. The second kappa shape index (κ2) is 10.9. The Balaban J connectivity index is 1.39. The van der Waals surface area contributed by atoms with E-state index in [9.17, 15) is 34.2 Å². The number of nitrogens with zero attached hydrogens (tertiary/aromatic N) is 2. The van der Waals surface area contributed by atoms with Gasteiger partial charge in [0.2, 0.25) is 5.91 Å². The van der Waals surface area contributed by atoms with Crippen molar-refractivity contribution in [1.29, 1.82) is 0 Å². The van der Waals surface area contributed by atoms with E-state index in [2.05, 4.69) is 23.1 Å². The number of phenols is 1. The summed E-state index contributed by atoms with van der Waals surface area (Å²) in [6.07, 6.45) is 2.47. The Labute approximate surface area is 278 Å². The van der Waals surface area contributed by atoms with Gasteiger partial charge < -0.3 is 15.9 Å². The highest BCUT2D eigenvalue weighted by molar-refractivity contribution is 6.33. The van der Waals surface area contributed by atoms with Crippen LogP contribution in [0.25, 0.3) is 21.9 Å². The van der Waals surface area contributed by atoms with Crippen molar-refractivity contribution in [2.45, 2.75) is 57.7 Å². The fraction of sp³-hybridized carbons (Fsp3) is 0.447. The molecule has 0 bridgehead atoms. The first-order valence-electron chi connectivity index (χ1n) is 16.6. The van der Waals surface area contributed by atoms with Crippen LogP contribution in [0.15, 0.2) is 48.5 Å². The van der Waals surface area contributed by atoms with Crippen LogP contribution in [0.5, 0.6) is 5.75 Å². The Kier molecular flexibility index (Phi) is 7.32. The molecule has 7 rings (SSSR count). The molecule has 1 saturated heterocycles. The molecular weight excluding hydrogens is 610 g/mol. The maximum absolute atomic E-state index is 14.6. The van der Waals surface area contributed by atoms with Crippen LogP contribution >= 0.6 is 0 Å². The van der Waals surface area contributed by atoms with Crippen LogP contribution in [0.2, 0.25) is 0 Å². The number of amides is 1. The van der Waals surface area contributed by atoms with Crippen molar-refractivity contribution in [3.63, 3.8) is 0 Å². The van der Waals surface area contributed by atoms with Crippen LogP contribution in [-0.2, 0) is 32.1 Å². The number of ketones is 4. The third-order valence-corrected chi connectivity index (χ3v) is 11.8. The number of carbonyl (C=O) groups is 5. The number of carbonyl (C=O) groups excluding carboxylic acids is 5.